The standard InChI is InChI=1S/C12H20N2S/c1-2-3-10(7-13)11-8-15-12(14-11)6-9-4-5-9/h8-10H,2-7,13H2,1H3. The van der Waals surface area contributed by atoms with Crippen molar-refractivity contribution in [1.29, 1.82) is 0 Å². The van der Waals surface area contributed by atoms with Crippen LogP contribution in [-0.4, -0.2) is 11.5 Å². The van der Waals surface area contributed by atoms with Gasteiger partial charge in [0.25, 0.3) is 0 Å². The van der Waals surface area contributed by atoms with E-state index in [0.29, 0.717) is 5.92 Å². The van der Waals surface area contributed by atoms with Gasteiger partial charge in [0.2, 0.25) is 0 Å². The summed E-state index contributed by atoms with van der Waals surface area (Å²) in [6.07, 6.45) is 6.38. The van der Waals surface area contributed by atoms with Gasteiger partial charge in [-0.05, 0) is 25.2 Å². The van der Waals surface area contributed by atoms with Crippen molar-refractivity contribution in [2.45, 2.75) is 44.9 Å². The number of hydrogen-bond acceptors (Lipinski definition) is 3. The molecule has 1 heterocycles. The van der Waals surface area contributed by atoms with Gasteiger partial charge in [-0.3, -0.25) is 0 Å². The molecule has 1 unspecified atom stereocenters. The summed E-state index contributed by atoms with van der Waals surface area (Å²) >= 11 is 1.82. The monoisotopic (exact) mass is 224 g/mol. The van der Waals surface area contributed by atoms with Gasteiger partial charge in [0.15, 0.2) is 0 Å². The van der Waals surface area contributed by atoms with Crippen molar-refractivity contribution in [3.05, 3.63) is 16.1 Å². The molecule has 2 N–H and O–H groups in total. The Morgan fingerprint density at radius 3 is 3.00 bits per heavy atom. The quantitative estimate of drug-likeness (QED) is 0.807. The Morgan fingerprint density at radius 1 is 1.60 bits per heavy atom. The Balaban J connectivity index is 1.96. The van der Waals surface area contributed by atoms with E-state index in [4.69, 9.17) is 10.7 Å². The number of nitrogens with zero attached hydrogens (tertiary/aromatic N) is 1. The minimum atomic E-state index is 0.485. The second kappa shape index (κ2) is 5.08. The summed E-state index contributed by atoms with van der Waals surface area (Å²) in [5.74, 6) is 1.42. The zero-order valence-electron chi connectivity index (χ0n) is 9.41. The minimum Gasteiger partial charge on any atom is -0.330 e. The molecule has 0 aromatic carbocycles. The van der Waals surface area contributed by atoms with E-state index in [-0.39, 0.29) is 0 Å². The van der Waals surface area contributed by atoms with Crippen LogP contribution in [0.4, 0.5) is 0 Å². The molecule has 84 valence electrons. The first kappa shape index (κ1) is 11.1. The molecule has 2 nitrogen and oxygen atoms in total. The number of rotatable bonds is 6. The lowest BCUT2D eigenvalue weighted by atomic mass is 10.0. The maximum atomic E-state index is 5.78. The molecule has 1 saturated carbocycles. The van der Waals surface area contributed by atoms with E-state index in [1.807, 2.05) is 11.3 Å². The van der Waals surface area contributed by atoms with E-state index < -0.39 is 0 Å². The van der Waals surface area contributed by atoms with E-state index >= 15 is 0 Å². The molecule has 1 aromatic heterocycles. The van der Waals surface area contributed by atoms with Crippen LogP contribution in [0.5, 0.6) is 0 Å². The van der Waals surface area contributed by atoms with E-state index in [2.05, 4.69) is 12.3 Å². The summed E-state index contributed by atoms with van der Waals surface area (Å²) < 4.78 is 0. The molecule has 0 radical (unpaired) electrons. The third kappa shape index (κ3) is 3.02. The predicted molar refractivity (Wildman–Crippen MR) is 65.2 cm³/mol. The molecule has 1 aliphatic rings. The third-order valence-electron chi connectivity index (χ3n) is 3.07. The highest BCUT2D eigenvalue weighted by molar-refractivity contribution is 7.09. The summed E-state index contributed by atoms with van der Waals surface area (Å²) in [6.45, 7) is 2.95. The van der Waals surface area contributed by atoms with Gasteiger partial charge < -0.3 is 5.73 Å². The molecule has 0 amide bonds. The zero-order valence-corrected chi connectivity index (χ0v) is 10.2. The number of thiazole rings is 1. The van der Waals surface area contributed by atoms with E-state index in [1.54, 1.807) is 0 Å². The van der Waals surface area contributed by atoms with Gasteiger partial charge >= 0.3 is 0 Å². The summed E-state index contributed by atoms with van der Waals surface area (Å²) in [5.41, 5.74) is 7.01. The third-order valence-corrected chi connectivity index (χ3v) is 3.96. The Bertz CT molecular complexity index is 304. The molecule has 0 spiro atoms. The SMILES string of the molecule is CCCC(CN)c1csc(CC2CC2)n1. The van der Waals surface area contributed by atoms with Gasteiger partial charge in [-0.2, -0.15) is 0 Å². The second-order valence-corrected chi connectivity index (χ2v) is 5.48. The maximum absolute atomic E-state index is 5.78. The van der Waals surface area contributed by atoms with Crippen molar-refractivity contribution in [1.82, 2.24) is 4.98 Å². The molecule has 15 heavy (non-hydrogen) atoms. The lowest BCUT2D eigenvalue weighted by molar-refractivity contribution is 0.607. The number of aromatic nitrogens is 1. The van der Waals surface area contributed by atoms with Gasteiger partial charge in [0, 0.05) is 24.3 Å². The van der Waals surface area contributed by atoms with Crippen LogP contribution in [0.25, 0.3) is 0 Å². The first-order valence-corrected chi connectivity index (χ1v) is 6.85. The van der Waals surface area contributed by atoms with Crippen LogP contribution < -0.4 is 5.73 Å². The van der Waals surface area contributed by atoms with Gasteiger partial charge in [-0.15, -0.1) is 11.3 Å². The number of nitrogens with two attached hydrogens (primary N) is 1. The van der Waals surface area contributed by atoms with Crippen molar-refractivity contribution in [2.75, 3.05) is 6.54 Å². The van der Waals surface area contributed by atoms with Crippen LogP contribution in [0.1, 0.15) is 49.2 Å². The Hall–Kier alpha value is -0.410. The Kier molecular flexibility index (Phi) is 3.76. The Morgan fingerprint density at radius 2 is 2.40 bits per heavy atom. The fourth-order valence-corrected chi connectivity index (χ4v) is 2.90. The first-order valence-electron chi connectivity index (χ1n) is 5.97. The molecule has 3 heteroatoms. The average molecular weight is 224 g/mol. The average Bonchev–Trinajstić information content (AvgIpc) is 2.92. The van der Waals surface area contributed by atoms with Crippen LogP contribution in [0.15, 0.2) is 5.38 Å². The van der Waals surface area contributed by atoms with Crippen molar-refractivity contribution >= 4 is 11.3 Å². The smallest absolute Gasteiger partial charge is 0.0931 e. The van der Waals surface area contributed by atoms with E-state index in [1.165, 1.54) is 42.8 Å². The summed E-state index contributed by atoms with van der Waals surface area (Å²) in [6, 6.07) is 0. The predicted octanol–water partition coefficient (Wildman–Crippen LogP) is 2.94. The lowest BCUT2D eigenvalue weighted by Gasteiger charge is -2.09. The van der Waals surface area contributed by atoms with E-state index in [9.17, 15) is 0 Å². The normalized spacial score (nSPS) is 18.0. The molecule has 1 fully saturated rings. The van der Waals surface area contributed by atoms with Crippen LogP contribution in [0.3, 0.4) is 0 Å². The first-order chi connectivity index (χ1) is 7.33. The molecular weight excluding hydrogens is 204 g/mol. The van der Waals surface area contributed by atoms with Crippen molar-refractivity contribution < 1.29 is 0 Å². The van der Waals surface area contributed by atoms with Crippen molar-refractivity contribution in [3.63, 3.8) is 0 Å². The molecule has 1 aromatic rings. The topological polar surface area (TPSA) is 38.9 Å². The van der Waals surface area contributed by atoms with Crippen LogP contribution in [0.2, 0.25) is 0 Å². The van der Waals surface area contributed by atoms with Crippen LogP contribution in [-0.2, 0) is 6.42 Å². The Labute approximate surface area is 95.9 Å². The largest absolute Gasteiger partial charge is 0.330 e. The molecular formula is C12H20N2S. The van der Waals surface area contributed by atoms with Crippen LogP contribution >= 0.6 is 11.3 Å². The zero-order chi connectivity index (χ0) is 10.7. The van der Waals surface area contributed by atoms with E-state index in [0.717, 1.165) is 12.5 Å². The second-order valence-electron chi connectivity index (χ2n) is 4.53. The minimum absolute atomic E-state index is 0.485. The van der Waals surface area contributed by atoms with Gasteiger partial charge in [0.1, 0.15) is 0 Å². The maximum Gasteiger partial charge on any atom is 0.0931 e. The number of hydrogen-bond donors (Lipinski definition) is 1. The molecule has 0 saturated heterocycles. The van der Waals surface area contributed by atoms with Crippen molar-refractivity contribution in [2.24, 2.45) is 11.7 Å². The summed E-state index contributed by atoms with van der Waals surface area (Å²) in [5, 5.41) is 3.53. The fourth-order valence-electron chi connectivity index (χ4n) is 1.91. The molecule has 2 rings (SSSR count). The highest BCUT2D eigenvalue weighted by Crippen LogP contribution is 2.34. The van der Waals surface area contributed by atoms with Crippen molar-refractivity contribution in [3.8, 4) is 0 Å². The van der Waals surface area contributed by atoms with Gasteiger partial charge in [-0.25, -0.2) is 4.98 Å². The molecule has 1 atom stereocenters. The highest BCUT2D eigenvalue weighted by Gasteiger charge is 2.23. The molecule has 1 aliphatic carbocycles. The summed E-state index contributed by atoms with van der Waals surface area (Å²) in [7, 11) is 0. The molecule has 0 bridgehead atoms. The van der Waals surface area contributed by atoms with Gasteiger partial charge in [0.05, 0.1) is 10.7 Å². The summed E-state index contributed by atoms with van der Waals surface area (Å²) in [4.78, 5) is 4.72. The highest BCUT2D eigenvalue weighted by atomic mass is 32.1. The molecule has 0 aliphatic heterocycles. The van der Waals surface area contributed by atoms with Crippen LogP contribution in [0, 0.1) is 5.92 Å². The fraction of sp³-hybridized carbons (Fsp3) is 0.750. The van der Waals surface area contributed by atoms with Gasteiger partial charge in [-0.1, -0.05) is 13.3 Å². The lowest BCUT2D eigenvalue weighted by Crippen LogP contribution is -2.12.